The maximum atomic E-state index is 6.32. The number of hydrogen-bond donors (Lipinski definition) is 0. The summed E-state index contributed by atoms with van der Waals surface area (Å²) in [7, 11) is 0. The van der Waals surface area contributed by atoms with E-state index in [1.165, 1.54) is 23.0 Å². The van der Waals surface area contributed by atoms with Crippen molar-refractivity contribution in [3.05, 3.63) is 53.3 Å². The summed E-state index contributed by atoms with van der Waals surface area (Å²) in [5, 5.41) is 8.73. The molecule has 0 bridgehead atoms. The molecule has 1 aromatic carbocycles. The number of benzene rings is 1. The lowest BCUT2D eigenvalue weighted by molar-refractivity contribution is 0.477. The summed E-state index contributed by atoms with van der Waals surface area (Å²) in [5.41, 5.74) is 2.07. The van der Waals surface area contributed by atoms with Crippen molar-refractivity contribution in [1.29, 1.82) is 0 Å². The van der Waals surface area contributed by atoms with Gasteiger partial charge in [-0.15, -0.1) is 4.63 Å². The monoisotopic (exact) mass is 285 g/mol. The highest BCUT2D eigenvalue weighted by molar-refractivity contribution is 6.35. The van der Waals surface area contributed by atoms with E-state index in [0.717, 1.165) is 11.3 Å². The molecule has 0 unspecified atom stereocenters. The Morgan fingerprint density at radius 2 is 2.10 bits per heavy atom. The van der Waals surface area contributed by atoms with Crippen LogP contribution >= 0.6 is 11.6 Å². The topological polar surface area (TPSA) is 39.4 Å². The van der Waals surface area contributed by atoms with E-state index in [-0.39, 0.29) is 0 Å². The van der Waals surface area contributed by atoms with Crippen LogP contribution in [0.2, 0.25) is 5.02 Å². The molecule has 1 fully saturated rings. The van der Waals surface area contributed by atoms with E-state index in [2.05, 4.69) is 22.3 Å². The first-order chi connectivity index (χ1) is 9.81. The summed E-state index contributed by atoms with van der Waals surface area (Å²) < 4.78 is 7.35. The molecule has 0 aliphatic heterocycles. The van der Waals surface area contributed by atoms with Crippen LogP contribution in [0.15, 0.2) is 42.7 Å². The average Bonchev–Trinajstić information content (AvgIpc) is 3.21. The number of fused-ring (bicyclic) bond motifs is 1. The van der Waals surface area contributed by atoms with Crippen molar-refractivity contribution in [3.8, 4) is 11.5 Å². The standard InChI is InChI=1S/C15H12ClN3O/c16-15-13-6-7-17-19(13)18-9-14(15)20-12-3-1-2-11(8-12)10-4-5-10/h1-3,6-10H,4-5H2. The molecule has 0 saturated heterocycles. The van der Waals surface area contributed by atoms with Gasteiger partial charge in [0.15, 0.2) is 5.75 Å². The molecule has 4 nitrogen and oxygen atoms in total. The van der Waals surface area contributed by atoms with E-state index in [0.29, 0.717) is 16.7 Å². The van der Waals surface area contributed by atoms with Crippen LogP contribution in [-0.2, 0) is 0 Å². The summed E-state index contributed by atoms with van der Waals surface area (Å²) in [4.78, 5) is 0. The minimum Gasteiger partial charge on any atom is -0.454 e. The highest BCUT2D eigenvalue weighted by Crippen LogP contribution is 2.41. The molecule has 0 amide bonds. The normalized spacial score (nSPS) is 14.7. The smallest absolute Gasteiger partial charge is 0.168 e. The third-order valence-corrected chi connectivity index (χ3v) is 3.86. The van der Waals surface area contributed by atoms with Crippen LogP contribution in [0.3, 0.4) is 0 Å². The van der Waals surface area contributed by atoms with Gasteiger partial charge in [0.25, 0.3) is 0 Å². The molecule has 5 heteroatoms. The Balaban J connectivity index is 1.69. The summed E-state index contributed by atoms with van der Waals surface area (Å²) in [6.45, 7) is 0. The van der Waals surface area contributed by atoms with E-state index in [1.54, 1.807) is 12.4 Å². The van der Waals surface area contributed by atoms with E-state index in [1.807, 2.05) is 18.2 Å². The van der Waals surface area contributed by atoms with Crippen molar-refractivity contribution in [2.24, 2.45) is 0 Å². The van der Waals surface area contributed by atoms with Crippen LogP contribution in [0.4, 0.5) is 0 Å². The van der Waals surface area contributed by atoms with Gasteiger partial charge in [0.1, 0.15) is 16.3 Å². The third kappa shape index (κ3) is 2.02. The van der Waals surface area contributed by atoms with Crippen LogP contribution < -0.4 is 4.74 Å². The number of aromatic nitrogens is 3. The molecule has 2 heterocycles. The Morgan fingerprint density at radius 3 is 2.95 bits per heavy atom. The zero-order valence-corrected chi connectivity index (χ0v) is 11.4. The van der Waals surface area contributed by atoms with Gasteiger partial charge in [0.2, 0.25) is 0 Å². The summed E-state index contributed by atoms with van der Waals surface area (Å²) in [6.07, 6.45) is 5.79. The minimum absolute atomic E-state index is 0.523. The van der Waals surface area contributed by atoms with E-state index >= 15 is 0 Å². The van der Waals surface area contributed by atoms with E-state index in [9.17, 15) is 0 Å². The van der Waals surface area contributed by atoms with Crippen LogP contribution in [0, 0.1) is 0 Å². The lowest BCUT2D eigenvalue weighted by Crippen LogP contribution is -1.96. The molecule has 4 rings (SSSR count). The lowest BCUT2D eigenvalue weighted by Gasteiger charge is -2.09. The Labute approximate surface area is 120 Å². The molecule has 2 aromatic heterocycles. The van der Waals surface area contributed by atoms with Gasteiger partial charge in [-0.1, -0.05) is 23.7 Å². The number of halogens is 1. The molecule has 1 saturated carbocycles. The molecular weight excluding hydrogens is 274 g/mol. The first-order valence-corrected chi connectivity index (χ1v) is 6.95. The van der Waals surface area contributed by atoms with Crippen LogP contribution in [0.5, 0.6) is 11.5 Å². The first-order valence-electron chi connectivity index (χ1n) is 6.57. The summed E-state index contributed by atoms with van der Waals surface area (Å²) >= 11 is 6.32. The van der Waals surface area contributed by atoms with Crippen LogP contribution in [-0.4, -0.2) is 14.8 Å². The second kappa shape index (κ2) is 4.49. The molecule has 0 radical (unpaired) electrons. The van der Waals surface area contributed by atoms with Crippen molar-refractivity contribution in [2.75, 3.05) is 0 Å². The van der Waals surface area contributed by atoms with Crippen molar-refractivity contribution >= 4 is 17.1 Å². The van der Waals surface area contributed by atoms with Crippen molar-refractivity contribution in [3.63, 3.8) is 0 Å². The SMILES string of the molecule is Clc1c(Oc2cccc(C3CC3)c2)cnn2nccc12. The molecule has 100 valence electrons. The van der Waals surface area contributed by atoms with Gasteiger partial charge in [-0.3, -0.25) is 0 Å². The molecule has 0 spiro atoms. The van der Waals surface area contributed by atoms with Crippen molar-refractivity contribution < 1.29 is 4.74 Å². The minimum atomic E-state index is 0.523. The summed E-state index contributed by atoms with van der Waals surface area (Å²) in [6, 6.07) is 9.98. The molecular formula is C15H12ClN3O. The lowest BCUT2D eigenvalue weighted by atomic mass is 10.1. The predicted molar refractivity (Wildman–Crippen MR) is 76.5 cm³/mol. The van der Waals surface area contributed by atoms with Crippen LogP contribution in [0.25, 0.3) is 5.52 Å². The Kier molecular flexibility index (Phi) is 2.63. The van der Waals surface area contributed by atoms with Gasteiger partial charge in [-0.25, -0.2) is 0 Å². The fourth-order valence-corrected chi connectivity index (χ4v) is 2.51. The van der Waals surface area contributed by atoms with Gasteiger partial charge in [-0.2, -0.15) is 10.2 Å². The number of hydrogen-bond acceptors (Lipinski definition) is 3. The van der Waals surface area contributed by atoms with Gasteiger partial charge in [-0.05, 0) is 42.5 Å². The molecule has 3 aromatic rings. The fraction of sp³-hybridized carbons (Fsp3) is 0.200. The number of ether oxygens (including phenoxy) is 1. The number of nitrogens with zero attached hydrogens (tertiary/aromatic N) is 3. The van der Waals surface area contributed by atoms with E-state index < -0.39 is 0 Å². The second-order valence-electron chi connectivity index (χ2n) is 4.98. The quantitative estimate of drug-likeness (QED) is 0.729. The fourth-order valence-electron chi connectivity index (χ4n) is 2.29. The molecule has 1 aliphatic carbocycles. The zero-order valence-electron chi connectivity index (χ0n) is 10.7. The van der Waals surface area contributed by atoms with Crippen LogP contribution in [0.1, 0.15) is 24.3 Å². The predicted octanol–water partition coefficient (Wildman–Crippen LogP) is 4.05. The molecule has 20 heavy (non-hydrogen) atoms. The third-order valence-electron chi connectivity index (χ3n) is 3.48. The molecule has 0 N–H and O–H groups in total. The second-order valence-corrected chi connectivity index (χ2v) is 5.36. The maximum absolute atomic E-state index is 6.32. The molecule has 1 aliphatic rings. The van der Waals surface area contributed by atoms with Gasteiger partial charge in [0.05, 0.1) is 12.4 Å². The van der Waals surface area contributed by atoms with Gasteiger partial charge in [0, 0.05) is 0 Å². The first kappa shape index (κ1) is 11.7. The van der Waals surface area contributed by atoms with Gasteiger partial charge < -0.3 is 4.74 Å². The largest absolute Gasteiger partial charge is 0.454 e. The van der Waals surface area contributed by atoms with Gasteiger partial charge >= 0.3 is 0 Å². The molecule has 0 atom stereocenters. The Bertz CT molecular complexity index is 780. The highest BCUT2D eigenvalue weighted by Gasteiger charge is 2.23. The van der Waals surface area contributed by atoms with E-state index in [4.69, 9.17) is 16.3 Å². The summed E-state index contributed by atoms with van der Waals surface area (Å²) in [5.74, 6) is 2.04. The zero-order chi connectivity index (χ0) is 13.5. The highest BCUT2D eigenvalue weighted by atomic mass is 35.5. The Hall–Kier alpha value is -2.07. The van der Waals surface area contributed by atoms with Crippen molar-refractivity contribution in [2.45, 2.75) is 18.8 Å². The van der Waals surface area contributed by atoms with Crippen molar-refractivity contribution in [1.82, 2.24) is 14.8 Å². The maximum Gasteiger partial charge on any atom is 0.168 e. The average molecular weight is 286 g/mol. The number of rotatable bonds is 3. The Morgan fingerprint density at radius 1 is 1.20 bits per heavy atom.